The van der Waals surface area contributed by atoms with Gasteiger partial charge in [0.25, 0.3) is 5.91 Å². The molecule has 7 heteroatoms. The Hall–Kier alpha value is -2.44. The highest BCUT2D eigenvalue weighted by Crippen LogP contribution is 2.10. The van der Waals surface area contributed by atoms with Gasteiger partial charge in [0.2, 0.25) is 0 Å². The van der Waals surface area contributed by atoms with Crippen molar-refractivity contribution in [2.45, 2.75) is 6.54 Å². The lowest BCUT2D eigenvalue weighted by atomic mass is 10.3. The maximum absolute atomic E-state index is 11.9. The number of carbonyl (C=O) groups is 2. The van der Waals surface area contributed by atoms with E-state index in [0.29, 0.717) is 13.1 Å². The molecule has 0 spiro atoms. The fourth-order valence-electron chi connectivity index (χ4n) is 1.96. The van der Waals surface area contributed by atoms with Crippen molar-refractivity contribution >= 4 is 23.0 Å². The summed E-state index contributed by atoms with van der Waals surface area (Å²) in [6.45, 7) is 0.931. The molecule has 1 fully saturated rings. The Morgan fingerprint density at radius 1 is 1.39 bits per heavy atom. The number of fused-ring (bicyclic) bond motifs is 1. The van der Waals surface area contributed by atoms with Crippen LogP contribution in [-0.2, 0) is 11.3 Å². The van der Waals surface area contributed by atoms with Crippen LogP contribution in [0.4, 0.5) is 4.79 Å². The predicted octanol–water partition coefficient (Wildman–Crippen LogP) is -0.0169. The summed E-state index contributed by atoms with van der Waals surface area (Å²) >= 11 is 0. The molecular formula is C11H11N5O2. The fourth-order valence-corrected chi connectivity index (χ4v) is 1.96. The van der Waals surface area contributed by atoms with Crippen LogP contribution in [0.1, 0.15) is 0 Å². The molecule has 7 nitrogen and oxygen atoms in total. The molecule has 0 atom stereocenters. The van der Waals surface area contributed by atoms with E-state index in [1.807, 2.05) is 24.3 Å². The Bertz CT molecular complexity index is 621. The Kier molecular flexibility index (Phi) is 2.44. The van der Waals surface area contributed by atoms with Gasteiger partial charge in [0.05, 0.1) is 5.52 Å². The molecule has 0 radical (unpaired) electrons. The summed E-state index contributed by atoms with van der Waals surface area (Å²) in [6, 6.07) is 7.04. The molecule has 0 aliphatic carbocycles. The number of aromatic nitrogens is 3. The van der Waals surface area contributed by atoms with Gasteiger partial charge in [-0.3, -0.25) is 9.69 Å². The number of hydrogen-bond donors (Lipinski definition) is 1. The molecule has 1 saturated heterocycles. The Morgan fingerprint density at radius 3 is 3.00 bits per heavy atom. The van der Waals surface area contributed by atoms with E-state index in [-0.39, 0.29) is 18.5 Å². The van der Waals surface area contributed by atoms with E-state index in [4.69, 9.17) is 0 Å². The highest BCUT2D eigenvalue weighted by Gasteiger charge is 2.26. The standard InChI is InChI=1S/C11H11N5O2/c17-10(15-6-5-12-11(15)18)7-16-9-4-2-1-3-8(9)13-14-16/h1-4H,5-7H2,(H,12,18). The smallest absolute Gasteiger partial charge is 0.324 e. The van der Waals surface area contributed by atoms with Gasteiger partial charge in [-0.25, -0.2) is 9.48 Å². The third-order valence-electron chi connectivity index (χ3n) is 2.86. The third-order valence-corrected chi connectivity index (χ3v) is 2.86. The second kappa shape index (κ2) is 4.10. The van der Waals surface area contributed by atoms with Gasteiger partial charge in [0.15, 0.2) is 0 Å². The van der Waals surface area contributed by atoms with Crippen LogP contribution in [0.5, 0.6) is 0 Å². The summed E-state index contributed by atoms with van der Waals surface area (Å²) < 4.78 is 1.50. The van der Waals surface area contributed by atoms with Crippen LogP contribution in [0.2, 0.25) is 0 Å². The minimum absolute atomic E-state index is 0.0218. The summed E-state index contributed by atoms with van der Waals surface area (Å²) in [5, 5.41) is 10.5. The molecule has 1 aromatic carbocycles. The molecule has 3 rings (SSSR count). The molecule has 92 valence electrons. The summed E-state index contributed by atoms with van der Waals surface area (Å²) in [6.07, 6.45) is 0. The lowest BCUT2D eigenvalue weighted by molar-refractivity contribution is -0.128. The van der Waals surface area contributed by atoms with Gasteiger partial charge in [-0.1, -0.05) is 17.3 Å². The molecule has 0 unspecified atom stereocenters. The molecule has 1 N–H and O–H groups in total. The van der Waals surface area contributed by atoms with Gasteiger partial charge in [-0.15, -0.1) is 5.10 Å². The minimum Gasteiger partial charge on any atom is -0.336 e. The number of rotatable bonds is 2. The number of carbonyl (C=O) groups excluding carboxylic acids is 2. The van der Waals surface area contributed by atoms with Gasteiger partial charge in [-0.2, -0.15) is 0 Å². The topological polar surface area (TPSA) is 80.1 Å². The van der Waals surface area contributed by atoms with Crippen LogP contribution in [0.15, 0.2) is 24.3 Å². The van der Waals surface area contributed by atoms with Crippen molar-refractivity contribution in [3.63, 3.8) is 0 Å². The normalized spacial score (nSPS) is 15.1. The monoisotopic (exact) mass is 245 g/mol. The Balaban J connectivity index is 1.84. The van der Waals surface area contributed by atoms with Crippen molar-refractivity contribution < 1.29 is 9.59 Å². The first kappa shape index (κ1) is 10.7. The molecule has 1 aromatic heterocycles. The summed E-state index contributed by atoms with van der Waals surface area (Å²) in [5.74, 6) is -0.277. The molecular weight excluding hydrogens is 234 g/mol. The quantitative estimate of drug-likeness (QED) is 0.806. The van der Waals surface area contributed by atoms with Crippen molar-refractivity contribution in [2.75, 3.05) is 13.1 Å². The summed E-state index contributed by atoms with van der Waals surface area (Å²) in [7, 11) is 0. The van der Waals surface area contributed by atoms with Gasteiger partial charge >= 0.3 is 6.03 Å². The second-order valence-corrected chi connectivity index (χ2v) is 4.01. The number of imide groups is 1. The number of benzene rings is 1. The summed E-state index contributed by atoms with van der Waals surface area (Å²) in [5.41, 5.74) is 1.52. The van der Waals surface area contributed by atoms with Crippen LogP contribution in [0.25, 0.3) is 11.0 Å². The number of amides is 3. The Labute approximate surface area is 102 Å². The molecule has 3 amide bonds. The number of para-hydroxylation sites is 1. The fraction of sp³-hybridized carbons (Fsp3) is 0.273. The number of hydrogen-bond acceptors (Lipinski definition) is 4. The predicted molar refractivity (Wildman–Crippen MR) is 62.6 cm³/mol. The average molecular weight is 245 g/mol. The molecule has 1 aliphatic heterocycles. The average Bonchev–Trinajstić information content (AvgIpc) is 2.97. The molecule has 0 bridgehead atoms. The van der Waals surface area contributed by atoms with Crippen LogP contribution in [0, 0.1) is 0 Å². The van der Waals surface area contributed by atoms with Crippen LogP contribution >= 0.6 is 0 Å². The van der Waals surface area contributed by atoms with E-state index in [2.05, 4.69) is 15.6 Å². The second-order valence-electron chi connectivity index (χ2n) is 4.01. The zero-order valence-corrected chi connectivity index (χ0v) is 9.54. The lowest BCUT2D eigenvalue weighted by Gasteiger charge is -2.11. The highest BCUT2D eigenvalue weighted by molar-refractivity contribution is 5.96. The maximum atomic E-state index is 11.9. The van der Waals surface area contributed by atoms with Gasteiger partial charge < -0.3 is 5.32 Å². The van der Waals surface area contributed by atoms with Crippen LogP contribution < -0.4 is 5.32 Å². The number of nitrogens with zero attached hydrogens (tertiary/aromatic N) is 4. The van der Waals surface area contributed by atoms with Gasteiger partial charge in [0.1, 0.15) is 12.1 Å². The van der Waals surface area contributed by atoms with E-state index in [9.17, 15) is 9.59 Å². The van der Waals surface area contributed by atoms with Crippen molar-refractivity contribution in [3.05, 3.63) is 24.3 Å². The maximum Gasteiger partial charge on any atom is 0.324 e. The highest BCUT2D eigenvalue weighted by atomic mass is 16.2. The van der Waals surface area contributed by atoms with Crippen molar-refractivity contribution in [1.29, 1.82) is 0 Å². The largest absolute Gasteiger partial charge is 0.336 e. The molecule has 2 aromatic rings. The zero-order chi connectivity index (χ0) is 12.5. The third kappa shape index (κ3) is 1.69. The minimum atomic E-state index is -0.343. The summed E-state index contributed by atoms with van der Waals surface area (Å²) in [4.78, 5) is 24.5. The van der Waals surface area contributed by atoms with Crippen LogP contribution in [0.3, 0.4) is 0 Å². The first-order valence-electron chi connectivity index (χ1n) is 5.62. The molecule has 18 heavy (non-hydrogen) atoms. The molecule has 2 heterocycles. The van der Waals surface area contributed by atoms with E-state index in [0.717, 1.165) is 11.0 Å². The van der Waals surface area contributed by atoms with Gasteiger partial charge in [0, 0.05) is 13.1 Å². The van der Waals surface area contributed by atoms with E-state index in [1.165, 1.54) is 9.58 Å². The van der Waals surface area contributed by atoms with Crippen molar-refractivity contribution in [2.24, 2.45) is 0 Å². The molecule has 0 saturated carbocycles. The number of nitrogens with one attached hydrogen (secondary N) is 1. The Morgan fingerprint density at radius 2 is 2.22 bits per heavy atom. The van der Waals surface area contributed by atoms with Crippen LogP contribution in [-0.4, -0.2) is 44.9 Å². The van der Waals surface area contributed by atoms with E-state index < -0.39 is 0 Å². The van der Waals surface area contributed by atoms with E-state index in [1.54, 1.807) is 0 Å². The zero-order valence-electron chi connectivity index (χ0n) is 9.54. The van der Waals surface area contributed by atoms with E-state index >= 15 is 0 Å². The van der Waals surface area contributed by atoms with Crippen molar-refractivity contribution in [3.8, 4) is 0 Å². The first-order valence-corrected chi connectivity index (χ1v) is 5.62. The molecule has 1 aliphatic rings. The first-order chi connectivity index (χ1) is 8.75. The number of urea groups is 1. The SMILES string of the molecule is O=C(Cn1nnc2ccccc21)N1CCNC1=O. The van der Waals surface area contributed by atoms with Crippen molar-refractivity contribution in [1.82, 2.24) is 25.2 Å². The lowest BCUT2D eigenvalue weighted by Crippen LogP contribution is -2.36. The van der Waals surface area contributed by atoms with Gasteiger partial charge in [-0.05, 0) is 12.1 Å².